The highest BCUT2D eigenvalue weighted by Gasteiger charge is 2.10. The minimum atomic E-state index is 0.312. The molecular formula is C17H27BrOS. The van der Waals surface area contributed by atoms with Crippen molar-refractivity contribution in [3.05, 3.63) is 20.3 Å². The molecule has 114 valence electrons. The normalized spacial score (nSPS) is 10.9. The molecule has 0 aliphatic carbocycles. The first-order chi connectivity index (χ1) is 9.65. The Morgan fingerprint density at radius 1 is 1.05 bits per heavy atom. The number of unbranched alkanes of at least 4 members (excludes halogenated alkanes) is 8. The fraction of sp³-hybridized carbons (Fsp3) is 0.706. The summed E-state index contributed by atoms with van der Waals surface area (Å²) in [5.74, 6) is 0.312. The molecule has 1 heterocycles. The molecule has 0 saturated heterocycles. The summed E-state index contributed by atoms with van der Waals surface area (Å²) in [5.41, 5.74) is 0. The highest BCUT2D eigenvalue weighted by Crippen LogP contribution is 2.27. The van der Waals surface area contributed by atoms with E-state index in [0.717, 1.165) is 15.8 Å². The highest BCUT2D eigenvalue weighted by atomic mass is 79.9. The largest absolute Gasteiger partial charge is 0.293 e. The molecule has 1 aromatic heterocycles. The first-order valence-electron chi connectivity index (χ1n) is 7.94. The summed E-state index contributed by atoms with van der Waals surface area (Å²) in [5, 5.41) is 0. The van der Waals surface area contributed by atoms with Gasteiger partial charge in [-0.3, -0.25) is 4.79 Å². The van der Waals surface area contributed by atoms with Crippen LogP contribution in [0.5, 0.6) is 0 Å². The van der Waals surface area contributed by atoms with E-state index in [1.54, 1.807) is 11.3 Å². The van der Waals surface area contributed by atoms with E-state index in [0.29, 0.717) is 12.2 Å². The molecule has 0 radical (unpaired) electrons. The summed E-state index contributed by atoms with van der Waals surface area (Å²) < 4.78 is 1.07. The number of hydrogen-bond donors (Lipinski definition) is 0. The van der Waals surface area contributed by atoms with Crippen LogP contribution >= 0.6 is 27.3 Å². The van der Waals surface area contributed by atoms with Gasteiger partial charge in [-0.15, -0.1) is 11.3 Å². The van der Waals surface area contributed by atoms with Crippen LogP contribution in [0.1, 0.15) is 85.7 Å². The lowest BCUT2D eigenvalue weighted by atomic mass is 10.1. The number of aryl methyl sites for hydroxylation is 1. The van der Waals surface area contributed by atoms with Gasteiger partial charge in [-0.2, -0.15) is 0 Å². The molecule has 3 heteroatoms. The Bertz CT molecular complexity index is 378. The van der Waals surface area contributed by atoms with Crippen molar-refractivity contribution in [1.29, 1.82) is 0 Å². The van der Waals surface area contributed by atoms with Gasteiger partial charge in [0.1, 0.15) is 0 Å². The quantitative estimate of drug-likeness (QED) is 0.309. The van der Waals surface area contributed by atoms with Gasteiger partial charge in [0.25, 0.3) is 0 Å². The number of thiophene rings is 1. The van der Waals surface area contributed by atoms with Crippen molar-refractivity contribution in [3.63, 3.8) is 0 Å². The summed E-state index contributed by atoms with van der Waals surface area (Å²) in [6.07, 6.45) is 12.4. The number of ketones is 1. The maximum Gasteiger partial charge on any atom is 0.172 e. The van der Waals surface area contributed by atoms with E-state index in [4.69, 9.17) is 0 Å². The van der Waals surface area contributed by atoms with Gasteiger partial charge in [-0.25, -0.2) is 0 Å². The molecule has 0 bridgehead atoms. The van der Waals surface area contributed by atoms with Crippen molar-refractivity contribution in [2.24, 2.45) is 0 Å². The Kier molecular flexibility index (Phi) is 9.45. The highest BCUT2D eigenvalue weighted by molar-refractivity contribution is 9.10. The number of carbonyl (C=O) groups is 1. The molecule has 0 spiro atoms. The molecular weight excluding hydrogens is 332 g/mol. The summed E-state index contributed by atoms with van der Waals surface area (Å²) in [4.78, 5) is 14.1. The SMILES string of the molecule is CCCCCCCCCCCC(=O)c1cc(Br)c(C)s1. The summed E-state index contributed by atoms with van der Waals surface area (Å²) >= 11 is 5.08. The zero-order chi connectivity index (χ0) is 14.8. The maximum absolute atomic E-state index is 12.0. The zero-order valence-electron chi connectivity index (χ0n) is 12.8. The van der Waals surface area contributed by atoms with Crippen molar-refractivity contribution in [2.45, 2.75) is 78.1 Å². The Hall–Kier alpha value is -0.150. The van der Waals surface area contributed by atoms with Gasteiger partial charge in [0.15, 0.2) is 5.78 Å². The third-order valence-corrected chi connectivity index (χ3v) is 5.82. The van der Waals surface area contributed by atoms with Gasteiger partial charge in [0, 0.05) is 15.8 Å². The molecule has 1 aromatic rings. The van der Waals surface area contributed by atoms with Crippen LogP contribution < -0.4 is 0 Å². The summed E-state index contributed by atoms with van der Waals surface area (Å²) in [6.45, 7) is 4.30. The second-order valence-electron chi connectivity index (χ2n) is 5.52. The predicted molar refractivity (Wildman–Crippen MR) is 92.9 cm³/mol. The number of hydrogen-bond acceptors (Lipinski definition) is 2. The number of Topliss-reactive ketones (excluding diaryl/α,β-unsaturated/α-hetero) is 1. The topological polar surface area (TPSA) is 17.1 Å². The van der Waals surface area contributed by atoms with E-state index in [9.17, 15) is 4.79 Å². The van der Waals surface area contributed by atoms with Crippen molar-refractivity contribution < 1.29 is 4.79 Å². The molecule has 1 nitrogen and oxygen atoms in total. The molecule has 0 atom stereocenters. The van der Waals surface area contributed by atoms with Crippen molar-refractivity contribution in [3.8, 4) is 0 Å². The smallest absolute Gasteiger partial charge is 0.172 e. The first kappa shape index (κ1) is 17.9. The molecule has 0 amide bonds. The van der Waals surface area contributed by atoms with E-state index in [-0.39, 0.29) is 0 Å². The Balaban J connectivity index is 2.02. The van der Waals surface area contributed by atoms with E-state index < -0.39 is 0 Å². The van der Waals surface area contributed by atoms with Gasteiger partial charge >= 0.3 is 0 Å². The van der Waals surface area contributed by atoms with Gasteiger partial charge in [-0.05, 0) is 35.3 Å². The van der Waals surface area contributed by atoms with Crippen LogP contribution in [0.25, 0.3) is 0 Å². The summed E-state index contributed by atoms with van der Waals surface area (Å²) in [6, 6.07) is 1.97. The number of rotatable bonds is 11. The molecule has 20 heavy (non-hydrogen) atoms. The molecule has 0 unspecified atom stereocenters. The Morgan fingerprint density at radius 3 is 2.10 bits per heavy atom. The summed E-state index contributed by atoms with van der Waals surface area (Å²) in [7, 11) is 0. The zero-order valence-corrected chi connectivity index (χ0v) is 15.2. The first-order valence-corrected chi connectivity index (χ1v) is 9.55. The maximum atomic E-state index is 12.0. The van der Waals surface area contributed by atoms with Crippen molar-refractivity contribution in [1.82, 2.24) is 0 Å². The lowest BCUT2D eigenvalue weighted by Gasteiger charge is -2.01. The van der Waals surface area contributed by atoms with Gasteiger partial charge < -0.3 is 0 Å². The molecule has 0 fully saturated rings. The van der Waals surface area contributed by atoms with Crippen LogP contribution in [0.4, 0.5) is 0 Å². The monoisotopic (exact) mass is 358 g/mol. The third-order valence-electron chi connectivity index (χ3n) is 3.64. The van der Waals surface area contributed by atoms with E-state index in [1.165, 1.54) is 56.2 Å². The second kappa shape index (κ2) is 10.6. The molecule has 0 saturated carbocycles. The average molecular weight is 359 g/mol. The van der Waals surface area contributed by atoms with E-state index in [1.807, 2.05) is 13.0 Å². The van der Waals surface area contributed by atoms with Crippen LogP contribution in [-0.4, -0.2) is 5.78 Å². The lowest BCUT2D eigenvalue weighted by molar-refractivity contribution is 0.0983. The molecule has 0 N–H and O–H groups in total. The fourth-order valence-corrected chi connectivity index (χ4v) is 3.82. The standard InChI is InChI=1S/C17H27BrOS/c1-3-4-5-6-7-8-9-10-11-12-16(19)17-13-15(18)14(2)20-17/h13H,3-12H2,1-2H3. The van der Waals surface area contributed by atoms with Crippen LogP contribution in [-0.2, 0) is 0 Å². The fourth-order valence-electron chi connectivity index (χ4n) is 2.32. The lowest BCUT2D eigenvalue weighted by Crippen LogP contribution is -1.95. The third kappa shape index (κ3) is 7.03. The van der Waals surface area contributed by atoms with E-state index in [2.05, 4.69) is 22.9 Å². The Labute approximate surface area is 136 Å². The van der Waals surface area contributed by atoms with Crippen molar-refractivity contribution in [2.75, 3.05) is 0 Å². The molecule has 1 rings (SSSR count). The minimum absolute atomic E-state index is 0.312. The predicted octanol–water partition coefficient (Wildman–Crippen LogP) is 6.92. The molecule has 0 aromatic carbocycles. The van der Waals surface area contributed by atoms with Gasteiger partial charge in [0.2, 0.25) is 0 Å². The van der Waals surface area contributed by atoms with Crippen molar-refractivity contribution >= 4 is 33.0 Å². The average Bonchev–Trinajstić information content (AvgIpc) is 2.77. The van der Waals surface area contributed by atoms with Crippen LogP contribution in [0.2, 0.25) is 0 Å². The second-order valence-corrected chi connectivity index (χ2v) is 7.63. The minimum Gasteiger partial charge on any atom is -0.293 e. The number of halogens is 1. The molecule has 0 aliphatic rings. The van der Waals surface area contributed by atoms with Crippen LogP contribution in [0, 0.1) is 6.92 Å². The van der Waals surface area contributed by atoms with Gasteiger partial charge in [-0.1, -0.05) is 58.3 Å². The van der Waals surface area contributed by atoms with Gasteiger partial charge in [0.05, 0.1) is 4.88 Å². The molecule has 0 aliphatic heterocycles. The van der Waals surface area contributed by atoms with Crippen LogP contribution in [0.15, 0.2) is 10.5 Å². The van der Waals surface area contributed by atoms with Crippen LogP contribution in [0.3, 0.4) is 0 Å². The number of carbonyl (C=O) groups excluding carboxylic acids is 1. The Morgan fingerprint density at radius 2 is 1.60 bits per heavy atom. The van der Waals surface area contributed by atoms with E-state index >= 15 is 0 Å².